The molecule has 0 saturated heterocycles. The van der Waals surface area contributed by atoms with Crippen molar-refractivity contribution in [1.29, 1.82) is 10.5 Å². The third-order valence-corrected chi connectivity index (χ3v) is 77.2. The molecule has 210 valence electrons. The minimum Gasteiger partial charge on any atom is -0.465 e. The lowest BCUT2D eigenvalue weighted by atomic mass is 10.1. The smallest absolute Gasteiger partial charge is 0.348 e. The SMILES string of the molecule is COC(=O)/C(C#N)=C\c1ccc([Si](C)(C)[Si](C)(C)[Si](C)(C)[Si](C)(C)c2ccc(/C=C(\C#N)C(=O)OC)cc2)cc1. The number of methoxy groups -OCH3 is 2. The maximum absolute atomic E-state index is 11.8. The summed E-state index contributed by atoms with van der Waals surface area (Å²) in [7, 11) is -4.77. The van der Waals surface area contributed by atoms with Gasteiger partial charge in [0, 0.05) is 14.2 Å². The summed E-state index contributed by atoms with van der Waals surface area (Å²) < 4.78 is 9.41. The van der Waals surface area contributed by atoms with Crippen molar-refractivity contribution in [1.82, 2.24) is 0 Å². The summed E-state index contributed by atoms with van der Waals surface area (Å²) in [6, 6.07) is 20.6. The van der Waals surface area contributed by atoms with Crippen LogP contribution < -0.4 is 10.4 Å². The van der Waals surface area contributed by atoms with E-state index in [1.165, 1.54) is 24.6 Å². The molecule has 40 heavy (non-hydrogen) atoms. The average molecular weight is 605 g/mol. The summed E-state index contributed by atoms with van der Waals surface area (Å²) in [6.07, 6.45) is 3.15. The van der Waals surface area contributed by atoms with Crippen molar-refractivity contribution in [3.8, 4) is 12.1 Å². The maximum Gasteiger partial charge on any atom is 0.348 e. The Hall–Kier alpha value is -3.29. The molecule has 0 aliphatic heterocycles. The molecule has 0 radical (unpaired) electrons. The van der Waals surface area contributed by atoms with Gasteiger partial charge < -0.3 is 9.47 Å². The van der Waals surface area contributed by atoms with Gasteiger partial charge in [0.1, 0.15) is 23.3 Å². The molecule has 2 aromatic rings. The van der Waals surface area contributed by atoms with E-state index in [1.807, 2.05) is 36.4 Å². The van der Waals surface area contributed by atoms with Crippen LogP contribution in [-0.4, -0.2) is 55.6 Å². The molecule has 2 aromatic carbocycles. The van der Waals surface area contributed by atoms with Gasteiger partial charge in [0.05, 0.1) is 29.4 Å². The van der Waals surface area contributed by atoms with E-state index < -0.39 is 41.3 Å². The zero-order chi connectivity index (χ0) is 30.5. The van der Waals surface area contributed by atoms with Crippen molar-refractivity contribution in [2.24, 2.45) is 0 Å². The molecule has 0 aromatic heterocycles. The third-order valence-electron chi connectivity index (χ3n) is 9.63. The topological polar surface area (TPSA) is 100 Å². The molecule has 10 heteroatoms. The largest absolute Gasteiger partial charge is 0.465 e. The molecule has 0 aliphatic carbocycles. The molecule has 0 N–H and O–H groups in total. The van der Waals surface area contributed by atoms with Crippen LogP contribution >= 0.6 is 0 Å². The van der Waals surface area contributed by atoms with E-state index in [2.05, 4.69) is 76.6 Å². The Morgan fingerprint density at radius 3 is 1.10 bits per heavy atom. The molecule has 0 fully saturated rings. The number of benzene rings is 2. The number of hydrogen-bond acceptors (Lipinski definition) is 6. The van der Waals surface area contributed by atoms with Crippen molar-refractivity contribution in [2.75, 3.05) is 14.2 Å². The molecule has 2 rings (SSSR count). The molecule has 0 bridgehead atoms. The Kier molecular flexibility index (Phi) is 10.3. The fraction of sp³-hybridized carbons (Fsp3) is 0.333. The lowest BCUT2D eigenvalue weighted by molar-refractivity contribution is -0.136. The number of nitriles is 2. The molecule has 0 amide bonds. The van der Waals surface area contributed by atoms with E-state index >= 15 is 0 Å². The summed E-state index contributed by atoms with van der Waals surface area (Å²) in [5.74, 6) is -1.26. The number of esters is 2. The summed E-state index contributed by atoms with van der Waals surface area (Å²) in [6.45, 7) is 20.4. The Labute approximate surface area is 242 Å². The standard InChI is InChI=1S/C30H40N2O4Si4/c1-35-29(33)25(21-31)19-23-11-15-27(16-12-23)37(3,4)39(7,8)40(9,10)38(5,6)28-17-13-24(14-18-28)20-26(22-32)30(34)36-2/h11-20H,1-10H3/b25-19-,26-20+. The van der Waals surface area contributed by atoms with Gasteiger partial charge in [-0.05, 0) is 23.3 Å². The second kappa shape index (κ2) is 12.5. The number of nitrogens with zero attached hydrogens (tertiary/aromatic N) is 2. The van der Waals surface area contributed by atoms with Crippen LogP contribution in [0.25, 0.3) is 12.2 Å². The monoisotopic (exact) mass is 604 g/mol. The van der Waals surface area contributed by atoms with Gasteiger partial charge in [0.15, 0.2) is 0 Å². The normalized spacial score (nSPS) is 13.2. The summed E-state index contributed by atoms with van der Waals surface area (Å²) in [5.41, 5.74) is 1.58. The van der Waals surface area contributed by atoms with Crippen molar-refractivity contribution in [2.45, 2.75) is 52.4 Å². The maximum atomic E-state index is 11.8. The van der Waals surface area contributed by atoms with Crippen LogP contribution in [0.3, 0.4) is 0 Å². The van der Waals surface area contributed by atoms with E-state index in [0.29, 0.717) is 0 Å². The molecular formula is C30H40N2O4Si4. The van der Waals surface area contributed by atoms with Gasteiger partial charge in [-0.1, -0.05) is 111 Å². The van der Waals surface area contributed by atoms with Crippen molar-refractivity contribution < 1.29 is 19.1 Å². The fourth-order valence-electron chi connectivity index (χ4n) is 5.10. The van der Waals surface area contributed by atoms with Crippen LogP contribution in [0.4, 0.5) is 0 Å². The van der Waals surface area contributed by atoms with Crippen molar-refractivity contribution in [3.63, 3.8) is 0 Å². The van der Waals surface area contributed by atoms with E-state index in [1.54, 1.807) is 12.2 Å². The zero-order valence-electron chi connectivity index (χ0n) is 25.3. The quantitative estimate of drug-likeness (QED) is 0.172. The third kappa shape index (κ3) is 6.21. The highest BCUT2D eigenvalue weighted by Gasteiger charge is 2.59. The van der Waals surface area contributed by atoms with Crippen LogP contribution in [-0.2, 0) is 19.1 Å². The van der Waals surface area contributed by atoms with Gasteiger partial charge in [-0.2, -0.15) is 10.5 Å². The van der Waals surface area contributed by atoms with Crippen LogP contribution in [0.1, 0.15) is 11.1 Å². The number of carbonyl (C=O) groups excluding carboxylic acids is 2. The van der Waals surface area contributed by atoms with Crippen LogP contribution in [0.2, 0.25) is 52.4 Å². The first kappa shape index (κ1) is 32.9. The molecule has 0 saturated carbocycles. The zero-order valence-corrected chi connectivity index (χ0v) is 29.3. The first-order chi connectivity index (χ1) is 18.5. The molecule has 0 heterocycles. The number of hydrogen-bond donors (Lipinski definition) is 0. The van der Waals surface area contributed by atoms with Gasteiger partial charge >= 0.3 is 11.9 Å². The highest BCUT2D eigenvalue weighted by atomic mass is 29.8. The minimum absolute atomic E-state index is 0.0154. The Balaban J connectivity index is 2.45. The number of ether oxygens (including phenoxy) is 2. The number of rotatable bonds is 9. The van der Waals surface area contributed by atoms with Crippen molar-refractivity contribution in [3.05, 3.63) is 70.8 Å². The molecular weight excluding hydrogens is 565 g/mol. The molecule has 0 atom stereocenters. The predicted molar refractivity (Wildman–Crippen MR) is 173 cm³/mol. The Morgan fingerprint density at radius 1 is 0.600 bits per heavy atom. The highest BCUT2D eigenvalue weighted by Crippen LogP contribution is 2.35. The molecule has 0 spiro atoms. The second-order valence-electron chi connectivity index (χ2n) is 12.1. The first-order valence-electron chi connectivity index (χ1n) is 13.1. The summed E-state index contributed by atoms with van der Waals surface area (Å²) in [4.78, 5) is 23.6. The lowest BCUT2D eigenvalue weighted by Crippen LogP contribution is -2.84. The van der Waals surface area contributed by atoms with Gasteiger partial charge in [-0.25, -0.2) is 9.59 Å². The van der Waals surface area contributed by atoms with Crippen molar-refractivity contribution >= 4 is 63.9 Å². The van der Waals surface area contributed by atoms with E-state index in [9.17, 15) is 20.1 Å². The van der Waals surface area contributed by atoms with E-state index in [4.69, 9.17) is 9.47 Å². The Bertz CT molecular complexity index is 1300. The molecule has 0 aliphatic rings. The van der Waals surface area contributed by atoms with E-state index in [0.717, 1.165) is 11.1 Å². The lowest BCUT2D eigenvalue weighted by Gasteiger charge is -2.55. The molecule has 6 nitrogen and oxygen atoms in total. The van der Waals surface area contributed by atoms with Crippen LogP contribution in [0.15, 0.2) is 59.7 Å². The average Bonchev–Trinajstić information content (AvgIpc) is 2.93. The molecule has 0 unspecified atom stereocenters. The predicted octanol–water partition coefficient (Wildman–Crippen LogP) is 5.03. The van der Waals surface area contributed by atoms with Crippen LogP contribution in [0.5, 0.6) is 0 Å². The first-order valence-corrected chi connectivity index (χ1v) is 28.1. The van der Waals surface area contributed by atoms with Gasteiger partial charge in [0.25, 0.3) is 0 Å². The number of carbonyl (C=O) groups is 2. The van der Waals surface area contributed by atoms with E-state index in [-0.39, 0.29) is 11.1 Å². The summed E-state index contributed by atoms with van der Waals surface area (Å²) in [5, 5.41) is 21.4. The fourth-order valence-corrected chi connectivity index (χ4v) is 74.0. The highest BCUT2D eigenvalue weighted by molar-refractivity contribution is 7.85. The van der Waals surface area contributed by atoms with Gasteiger partial charge in [0.2, 0.25) is 0 Å². The summed E-state index contributed by atoms with van der Waals surface area (Å²) >= 11 is 0. The van der Waals surface area contributed by atoms with Crippen LogP contribution in [0, 0.1) is 22.7 Å². The Morgan fingerprint density at radius 2 is 0.875 bits per heavy atom. The van der Waals surface area contributed by atoms with Gasteiger partial charge in [-0.15, -0.1) is 0 Å². The minimum atomic E-state index is -1.88. The van der Waals surface area contributed by atoms with Gasteiger partial charge in [-0.3, -0.25) is 0 Å². The second-order valence-corrected chi connectivity index (χ2v) is 51.7.